The number of hydrogen-bond donors (Lipinski definition) is 0. The first-order valence-corrected chi connectivity index (χ1v) is 18.8. The van der Waals surface area contributed by atoms with Gasteiger partial charge in [-0.1, -0.05) is 115 Å². The Bertz CT molecular complexity index is 3070. The lowest BCUT2D eigenvalue weighted by Crippen LogP contribution is -2.02. The predicted octanol–water partition coefficient (Wildman–Crippen LogP) is 12.6. The van der Waals surface area contributed by atoms with Crippen molar-refractivity contribution >= 4 is 21.7 Å². The third-order valence-corrected chi connectivity index (χ3v) is 10.4. The standard InChI is InChI=1S/C50H31N5O2/c1-3-11-33(12-4-1)48-52-49(34-13-5-2-6-14-34)54-50(53-48)38-20-23-44-46(30-38)57-45-29-36(19-22-43(45)56-44)35-15-9-16-37(28-35)41-31-55(39-24-26-51-27-25-39)42-21-18-32-10-7-8-17-40(32)47(41)42/h1-31H. The highest BCUT2D eigenvalue weighted by Gasteiger charge is 2.22. The minimum Gasteiger partial charge on any atom is -0.450 e. The van der Waals surface area contributed by atoms with Gasteiger partial charge in [0.05, 0.1) is 5.52 Å². The van der Waals surface area contributed by atoms with Gasteiger partial charge in [-0.2, -0.15) is 0 Å². The van der Waals surface area contributed by atoms with E-state index in [0.29, 0.717) is 40.5 Å². The minimum atomic E-state index is 0.545. The van der Waals surface area contributed by atoms with E-state index < -0.39 is 0 Å². The molecule has 10 aromatic rings. The predicted molar refractivity (Wildman–Crippen MR) is 226 cm³/mol. The summed E-state index contributed by atoms with van der Waals surface area (Å²) in [5.41, 5.74) is 9.17. The molecule has 0 fully saturated rings. The van der Waals surface area contributed by atoms with Gasteiger partial charge in [0.1, 0.15) is 0 Å². The molecule has 0 N–H and O–H groups in total. The molecule has 3 aromatic heterocycles. The van der Waals surface area contributed by atoms with E-state index in [1.165, 1.54) is 16.2 Å². The van der Waals surface area contributed by atoms with Gasteiger partial charge in [-0.15, -0.1) is 0 Å². The van der Waals surface area contributed by atoms with Crippen LogP contribution >= 0.6 is 0 Å². The van der Waals surface area contributed by atoms with Crippen LogP contribution in [0.3, 0.4) is 0 Å². The molecule has 0 aliphatic carbocycles. The van der Waals surface area contributed by atoms with Crippen LogP contribution in [0.1, 0.15) is 0 Å². The van der Waals surface area contributed by atoms with Gasteiger partial charge >= 0.3 is 0 Å². The average Bonchev–Trinajstić information content (AvgIpc) is 3.69. The summed E-state index contributed by atoms with van der Waals surface area (Å²) in [7, 11) is 0. The summed E-state index contributed by atoms with van der Waals surface area (Å²) in [6.45, 7) is 0. The van der Waals surface area contributed by atoms with Crippen LogP contribution in [0.2, 0.25) is 0 Å². The molecule has 0 spiro atoms. The van der Waals surface area contributed by atoms with Gasteiger partial charge in [-0.05, 0) is 82.1 Å². The first kappa shape index (κ1) is 32.5. The first-order valence-electron chi connectivity index (χ1n) is 18.8. The van der Waals surface area contributed by atoms with Gasteiger partial charge in [0.25, 0.3) is 0 Å². The van der Waals surface area contributed by atoms with Crippen molar-refractivity contribution in [3.8, 4) is 85.1 Å². The summed E-state index contributed by atoms with van der Waals surface area (Å²) < 4.78 is 15.2. The van der Waals surface area contributed by atoms with E-state index in [-0.39, 0.29) is 0 Å². The molecule has 0 unspecified atom stereocenters. The van der Waals surface area contributed by atoms with Crippen molar-refractivity contribution < 1.29 is 9.47 Å². The van der Waals surface area contributed by atoms with Gasteiger partial charge in [0.15, 0.2) is 40.5 Å². The molecule has 0 radical (unpaired) electrons. The third-order valence-electron chi connectivity index (χ3n) is 10.4. The summed E-state index contributed by atoms with van der Waals surface area (Å²) in [6.07, 6.45) is 5.90. The second-order valence-electron chi connectivity index (χ2n) is 13.9. The largest absolute Gasteiger partial charge is 0.450 e. The second-order valence-corrected chi connectivity index (χ2v) is 13.9. The van der Waals surface area contributed by atoms with Crippen molar-refractivity contribution in [3.05, 3.63) is 188 Å². The monoisotopic (exact) mass is 733 g/mol. The van der Waals surface area contributed by atoms with E-state index in [1.54, 1.807) is 0 Å². The summed E-state index contributed by atoms with van der Waals surface area (Å²) in [6, 6.07) is 57.6. The van der Waals surface area contributed by atoms with Gasteiger partial charge in [-0.3, -0.25) is 4.98 Å². The summed E-state index contributed by atoms with van der Waals surface area (Å²) in [5.74, 6) is 4.24. The van der Waals surface area contributed by atoms with Crippen LogP contribution in [-0.4, -0.2) is 24.5 Å². The van der Waals surface area contributed by atoms with Crippen LogP contribution in [0.4, 0.5) is 0 Å². The molecule has 11 rings (SSSR count). The van der Waals surface area contributed by atoms with Crippen LogP contribution in [0.15, 0.2) is 188 Å². The topological polar surface area (TPSA) is 75.0 Å². The number of fused-ring (bicyclic) bond motifs is 5. The fourth-order valence-electron chi connectivity index (χ4n) is 7.65. The molecule has 1 aliphatic heterocycles. The lowest BCUT2D eigenvalue weighted by molar-refractivity contribution is 0.360. The quantitative estimate of drug-likeness (QED) is 0.169. The molecule has 0 amide bonds. The number of hydrogen-bond acceptors (Lipinski definition) is 6. The highest BCUT2D eigenvalue weighted by Crippen LogP contribution is 2.48. The Morgan fingerprint density at radius 3 is 1.68 bits per heavy atom. The zero-order valence-electron chi connectivity index (χ0n) is 30.5. The van der Waals surface area contributed by atoms with Crippen molar-refractivity contribution in [1.29, 1.82) is 0 Å². The van der Waals surface area contributed by atoms with E-state index in [4.69, 9.17) is 24.4 Å². The molecule has 0 bridgehead atoms. The smallest absolute Gasteiger partial charge is 0.170 e. The van der Waals surface area contributed by atoms with E-state index in [2.05, 4.69) is 82.5 Å². The Morgan fingerprint density at radius 1 is 0.404 bits per heavy atom. The molecule has 57 heavy (non-hydrogen) atoms. The number of ether oxygens (including phenoxy) is 2. The zero-order valence-corrected chi connectivity index (χ0v) is 30.5. The molecule has 268 valence electrons. The van der Waals surface area contributed by atoms with Crippen molar-refractivity contribution in [1.82, 2.24) is 24.5 Å². The fraction of sp³-hybridized carbons (Fsp3) is 0. The van der Waals surface area contributed by atoms with Gasteiger partial charge in [0, 0.05) is 51.9 Å². The van der Waals surface area contributed by atoms with E-state index in [1.807, 2.05) is 116 Å². The molecular weight excluding hydrogens is 703 g/mol. The maximum atomic E-state index is 6.60. The van der Waals surface area contributed by atoms with Crippen LogP contribution in [0, 0.1) is 0 Å². The first-order chi connectivity index (χ1) is 28.2. The molecule has 0 saturated carbocycles. The molecule has 0 atom stereocenters. The Morgan fingerprint density at radius 2 is 0.965 bits per heavy atom. The molecule has 7 heteroatoms. The Hall–Kier alpha value is -7.90. The van der Waals surface area contributed by atoms with Gasteiger partial charge in [-0.25, -0.2) is 15.0 Å². The maximum Gasteiger partial charge on any atom is 0.170 e. The normalized spacial score (nSPS) is 11.8. The SMILES string of the molecule is c1ccc(-c2nc(-c3ccccc3)nc(-c3ccc4c(c3)Oc3cc(-c5cccc(-c6cn(-c7ccncc7)c7ccc8ccccc8c67)c5)ccc3O4)n2)cc1. The molecule has 7 aromatic carbocycles. The Balaban J connectivity index is 0.959. The molecule has 1 aliphatic rings. The second kappa shape index (κ2) is 13.4. The lowest BCUT2D eigenvalue weighted by atomic mass is 9.96. The maximum absolute atomic E-state index is 6.60. The van der Waals surface area contributed by atoms with Crippen molar-refractivity contribution in [2.75, 3.05) is 0 Å². The number of aromatic nitrogens is 5. The van der Waals surface area contributed by atoms with Gasteiger partial charge in [0.2, 0.25) is 0 Å². The number of nitrogens with zero attached hydrogens (tertiary/aromatic N) is 5. The van der Waals surface area contributed by atoms with Crippen LogP contribution in [-0.2, 0) is 0 Å². The van der Waals surface area contributed by atoms with Crippen molar-refractivity contribution in [2.45, 2.75) is 0 Å². The Labute approximate surface area is 328 Å². The van der Waals surface area contributed by atoms with Crippen LogP contribution < -0.4 is 9.47 Å². The van der Waals surface area contributed by atoms with E-state index >= 15 is 0 Å². The van der Waals surface area contributed by atoms with Crippen molar-refractivity contribution in [3.63, 3.8) is 0 Å². The van der Waals surface area contributed by atoms with E-state index in [0.717, 1.165) is 50.1 Å². The van der Waals surface area contributed by atoms with Gasteiger partial charge < -0.3 is 14.0 Å². The lowest BCUT2D eigenvalue weighted by Gasteiger charge is -2.22. The Kier molecular flexibility index (Phi) is 7.67. The minimum absolute atomic E-state index is 0.545. The average molecular weight is 734 g/mol. The number of rotatable bonds is 6. The van der Waals surface area contributed by atoms with E-state index in [9.17, 15) is 0 Å². The van der Waals surface area contributed by atoms with Crippen LogP contribution in [0.5, 0.6) is 23.0 Å². The zero-order chi connectivity index (χ0) is 37.7. The molecule has 7 nitrogen and oxygen atoms in total. The highest BCUT2D eigenvalue weighted by molar-refractivity contribution is 6.14. The highest BCUT2D eigenvalue weighted by atomic mass is 16.6. The molecule has 0 saturated heterocycles. The third kappa shape index (κ3) is 5.86. The summed E-state index contributed by atoms with van der Waals surface area (Å²) in [5, 5.41) is 3.63. The fourth-order valence-corrected chi connectivity index (χ4v) is 7.65. The molecule has 4 heterocycles. The van der Waals surface area contributed by atoms with Crippen LogP contribution in [0.25, 0.3) is 83.8 Å². The summed E-state index contributed by atoms with van der Waals surface area (Å²) >= 11 is 0. The van der Waals surface area contributed by atoms with Crippen molar-refractivity contribution in [2.24, 2.45) is 0 Å². The molecular formula is C50H31N5O2. The number of benzene rings is 7. The number of pyridine rings is 1. The summed E-state index contributed by atoms with van der Waals surface area (Å²) in [4.78, 5) is 18.9.